The molecule has 0 amide bonds. The largest absolute Gasteiger partial charge is 0.461 e. The van der Waals surface area contributed by atoms with Gasteiger partial charge in [0.25, 0.3) is 0 Å². The normalized spacial score (nSPS) is 19.5. The van der Waals surface area contributed by atoms with Crippen LogP contribution in [0.3, 0.4) is 0 Å². The number of hydrogen-bond acceptors (Lipinski definition) is 6. The zero-order chi connectivity index (χ0) is 14.9. The Morgan fingerprint density at radius 3 is 2.81 bits per heavy atom. The van der Waals surface area contributed by atoms with Gasteiger partial charge in [0.05, 0.1) is 12.3 Å². The molecule has 0 spiro atoms. The lowest BCUT2D eigenvalue weighted by molar-refractivity contribution is -0.0849. The molecule has 6 heteroatoms. The molecule has 2 heterocycles. The second-order valence-electron chi connectivity index (χ2n) is 5.52. The maximum absolute atomic E-state index is 12.2. The number of fused-ring (bicyclic) bond motifs is 1. The summed E-state index contributed by atoms with van der Waals surface area (Å²) in [5.74, 6) is 0.270. The molecule has 0 unspecified atom stereocenters. The molecule has 3 rings (SSSR count). The zero-order valence-corrected chi connectivity index (χ0v) is 12.6. The van der Waals surface area contributed by atoms with Crippen molar-refractivity contribution in [3.05, 3.63) is 22.8 Å². The van der Waals surface area contributed by atoms with Crippen LogP contribution >= 0.6 is 0 Å². The van der Waals surface area contributed by atoms with Gasteiger partial charge in [-0.05, 0) is 26.2 Å². The standard InChI is InChI=1S/C15H21N3O3/c1-3-21-13(19)12-10-9-16-8-5-11(10)17-14(18-12)15(20-2)6-4-7-15/h16H,3-9H2,1-2H3. The number of nitrogens with one attached hydrogen (secondary N) is 1. The van der Waals surface area contributed by atoms with E-state index in [0.29, 0.717) is 24.7 Å². The van der Waals surface area contributed by atoms with E-state index in [4.69, 9.17) is 14.5 Å². The Kier molecular flexibility index (Phi) is 3.91. The maximum atomic E-state index is 12.2. The molecule has 6 nitrogen and oxygen atoms in total. The van der Waals surface area contributed by atoms with Gasteiger partial charge in [-0.15, -0.1) is 0 Å². The fraction of sp³-hybridized carbons (Fsp3) is 0.667. The minimum Gasteiger partial charge on any atom is -0.461 e. The van der Waals surface area contributed by atoms with Crippen LogP contribution in [0.15, 0.2) is 0 Å². The number of carbonyl (C=O) groups excluding carboxylic acids is 1. The molecule has 0 aromatic carbocycles. The first-order chi connectivity index (χ1) is 10.2. The third-order valence-corrected chi connectivity index (χ3v) is 4.36. The van der Waals surface area contributed by atoms with E-state index in [1.807, 2.05) is 0 Å². The average Bonchev–Trinajstić information content (AvgIpc) is 2.46. The summed E-state index contributed by atoms with van der Waals surface area (Å²) < 4.78 is 10.8. The van der Waals surface area contributed by atoms with Crippen molar-refractivity contribution < 1.29 is 14.3 Å². The van der Waals surface area contributed by atoms with Gasteiger partial charge in [0.2, 0.25) is 0 Å². The van der Waals surface area contributed by atoms with Gasteiger partial charge >= 0.3 is 5.97 Å². The third-order valence-electron chi connectivity index (χ3n) is 4.36. The van der Waals surface area contributed by atoms with E-state index in [1.54, 1.807) is 14.0 Å². The van der Waals surface area contributed by atoms with Gasteiger partial charge < -0.3 is 14.8 Å². The molecule has 1 aromatic rings. The van der Waals surface area contributed by atoms with Crippen molar-refractivity contribution in [2.45, 2.75) is 44.8 Å². The van der Waals surface area contributed by atoms with Crippen LogP contribution in [0.4, 0.5) is 0 Å². The Bertz CT molecular complexity index is 550. The predicted octanol–water partition coefficient (Wildman–Crippen LogP) is 1.32. The van der Waals surface area contributed by atoms with Gasteiger partial charge in [0.1, 0.15) is 5.60 Å². The highest BCUT2D eigenvalue weighted by Crippen LogP contribution is 2.43. The number of esters is 1. The molecule has 0 saturated heterocycles. The van der Waals surface area contributed by atoms with Crippen LogP contribution in [-0.2, 0) is 28.0 Å². The monoisotopic (exact) mass is 291 g/mol. The molecule has 1 saturated carbocycles. The van der Waals surface area contributed by atoms with Crippen LogP contribution in [0.1, 0.15) is 53.8 Å². The summed E-state index contributed by atoms with van der Waals surface area (Å²) in [5.41, 5.74) is 1.80. The first-order valence-corrected chi connectivity index (χ1v) is 7.53. The minimum atomic E-state index is -0.416. The third kappa shape index (κ3) is 2.42. The van der Waals surface area contributed by atoms with Gasteiger partial charge in [-0.1, -0.05) is 0 Å². The fourth-order valence-electron chi connectivity index (χ4n) is 2.93. The highest BCUT2D eigenvalue weighted by molar-refractivity contribution is 5.89. The number of ether oxygens (including phenoxy) is 2. The number of rotatable bonds is 4. The fourth-order valence-corrected chi connectivity index (χ4v) is 2.93. The number of nitrogens with zero attached hydrogens (tertiary/aromatic N) is 2. The van der Waals surface area contributed by atoms with Crippen molar-refractivity contribution in [3.8, 4) is 0 Å². The maximum Gasteiger partial charge on any atom is 0.357 e. The van der Waals surface area contributed by atoms with E-state index >= 15 is 0 Å². The Hall–Kier alpha value is -1.53. The molecule has 0 radical (unpaired) electrons. The molecule has 1 fully saturated rings. The molecule has 1 aliphatic heterocycles. The van der Waals surface area contributed by atoms with E-state index in [2.05, 4.69) is 10.3 Å². The topological polar surface area (TPSA) is 73.3 Å². The number of aromatic nitrogens is 2. The predicted molar refractivity (Wildman–Crippen MR) is 75.9 cm³/mol. The summed E-state index contributed by atoms with van der Waals surface area (Å²) in [6, 6.07) is 0. The molecule has 114 valence electrons. The van der Waals surface area contributed by atoms with Crippen molar-refractivity contribution in [2.75, 3.05) is 20.3 Å². The second-order valence-corrected chi connectivity index (χ2v) is 5.52. The zero-order valence-electron chi connectivity index (χ0n) is 12.6. The van der Waals surface area contributed by atoms with Crippen molar-refractivity contribution in [1.29, 1.82) is 0 Å². The molecule has 0 bridgehead atoms. The Labute approximate surface area is 124 Å². The van der Waals surface area contributed by atoms with Crippen molar-refractivity contribution in [2.24, 2.45) is 0 Å². The summed E-state index contributed by atoms with van der Waals surface area (Å²) in [7, 11) is 1.69. The molecular weight excluding hydrogens is 270 g/mol. The molecule has 0 atom stereocenters. The lowest BCUT2D eigenvalue weighted by Gasteiger charge is -2.39. The first-order valence-electron chi connectivity index (χ1n) is 7.53. The van der Waals surface area contributed by atoms with E-state index < -0.39 is 5.60 Å². The summed E-state index contributed by atoms with van der Waals surface area (Å²) in [5, 5.41) is 3.26. The lowest BCUT2D eigenvalue weighted by atomic mass is 9.79. The summed E-state index contributed by atoms with van der Waals surface area (Å²) >= 11 is 0. The van der Waals surface area contributed by atoms with Crippen molar-refractivity contribution >= 4 is 5.97 Å². The summed E-state index contributed by atoms with van der Waals surface area (Å²) in [6.45, 7) is 3.62. The Morgan fingerprint density at radius 1 is 1.38 bits per heavy atom. The van der Waals surface area contributed by atoms with Crippen LogP contribution in [-0.4, -0.2) is 36.2 Å². The summed E-state index contributed by atoms with van der Waals surface area (Å²) in [6.07, 6.45) is 3.72. The molecule has 1 aromatic heterocycles. The lowest BCUT2D eigenvalue weighted by Crippen LogP contribution is -2.40. The van der Waals surface area contributed by atoms with E-state index in [-0.39, 0.29) is 5.97 Å². The first kappa shape index (κ1) is 14.4. The number of carbonyl (C=O) groups is 1. The summed E-state index contributed by atoms with van der Waals surface area (Å²) in [4.78, 5) is 21.4. The molecule has 1 aliphatic carbocycles. The molecule has 1 N–H and O–H groups in total. The van der Waals surface area contributed by atoms with Crippen molar-refractivity contribution in [1.82, 2.24) is 15.3 Å². The minimum absolute atomic E-state index is 0.343. The Morgan fingerprint density at radius 2 is 2.19 bits per heavy atom. The smallest absolute Gasteiger partial charge is 0.357 e. The van der Waals surface area contributed by atoms with Crippen LogP contribution in [0.5, 0.6) is 0 Å². The average molecular weight is 291 g/mol. The molecular formula is C15H21N3O3. The number of methoxy groups -OCH3 is 1. The van der Waals surface area contributed by atoms with E-state index in [1.165, 1.54) is 0 Å². The molecule has 2 aliphatic rings. The second kappa shape index (κ2) is 5.69. The van der Waals surface area contributed by atoms with Crippen LogP contribution in [0.2, 0.25) is 0 Å². The van der Waals surface area contributed by atoms with Gasteiger partial charge in [-0.3, -0.25) is 0 Å². The van der Waals surface area contributed by atoms with Crippen LogP contribution in [0, 0.1) is 0 Å². The quantitative estimate of drug-likeness (QED) is 0.844. The Balaban J connectivity index is 2.06. The molecule has 21 heavy (non-hydrogen) atoms. The SMILES string of the molecule is CCOC(=O)c1nc(C2(OC)CCC2)nc2c1CNCC2. The van der Waals surface area contributed by atoms with E-state index in [9.17, 15) is 4.79 Å². The van der Waals surface area contributed by atoms with E-state index in [0.717, 1.165) is 43.5 Å². The van der Waals surface area contributed by atoms with Gasteiger partial charge in [-0.25, -0.2) is 14.8 Å². The van der Waals surface area contributed by atoms with Gasteiger partial charge in [0, 0.05) is 32.2 Å². The highest BCUT2D eigenvalue weighted by Gasteiger charge is 2.43. The van der Waals surface area contributed by atoms with Crippen LogP contribution in [0.25, 0.3) is 0 Å². The number of hydrogen-bond donors (Lipinski definition) is 1. The van der Waals surface area contributed by atoms with Crippen LogP contribution < -0.4 is 5.32 Å². The van der Waals surface area contributed by atoms with Crippen molar-refractivity contribution in [3.63, 3.8) is 0 Å². The van der Waals surface area contributed by atoms with Gasteiger partial charge in [-0.2, -0.15) is 0 Å². The van der Waals surface area contributed by atoms with Gasteiger partial charge in [0.15, 0.2) is 11.5 Å². The highest BCUT2D eigenvalue weighted by atomic mass is 16.5.